The predicted molar refractivity (Wildman–Crippen MR) is 126 cm³/mol. The predicted octanol–water partition coefficient (Wildman–Crippen LogP) is 3.25. The van der Waals surface area contributed by atoms with Gasteiger partial charge in [-0.2, -0.15) is 0 Å². The second-order valence-electron chi connectivity index (χ2n) is 8.03. The van der Waals surface area contributed by atoms with Crippen molar-refractivity contribution in [3.8, 4) is 0 Å². The van der Waals surface area contributed by atoms with Crippen LogP contribution in [0.1, 0.15) is 43.0 Å². The van der Waals surface area contributed by atoms with Crippen LogP contribution in [0.15, 0.2) is 41.8 Å². The van der Waals surface area contributed by atoms with E-state index in [1.807, 2.05) is 30.3 Å². The average molecular weight is 441 g/mol. The highest BCUT2D eigenvalue weighted by atomic mass is 32.1. The van der Waals surface area contributed by atoms with Gasteiger partial charge < -0.3 is 10.6 Å². The number of hydrogen-bond acceptors (Lipinski definition) is 5. The first-order valence-electron chi connectivity index (χ1n) is 11.0. The Balaban J connectivity index is 1.33. The first-order valence-corrected chi connectivity index (χ1v) is 11.9. The van der Waals surface area contributed by atoms with Crippen molar-refractivity contribution in [1.29, 1.82) is 0 Å². The Morgan fingerprint density at radius 3 is 2.68 bits per heavy atom. The number of likely N-dealkylation sites (tertiary alicyclic amines) is 1. The molecule has 2 aromatic rings. The Labute approximate surface area is 188 Å². The number of aromatic nitrogens is 1. The van der Waals surface area contributed by atoms with Crippen LogP contribution in [-0.2, 0) is 22.6 Å². The van der Waals surface area contributed by atoms with E-state index in [4.69, 9.17) is 0 Å². The highest BCUT2D eigenvalue weighted by Gasteiger charge is 2.22. The van der Waals surface area contributed by atoms with Crippen molar-refractivity contribution in [2.75, 3.05) is 19.6 Å². The van der Waals surface area contributed by atoms with Crippen LogP contribution in [-0.4, -0.2) is 47.4 Å². The van der Waals surface area contributed by atoms with E-state index in [9.17, 15) is 9.59 Å². The third kappa shape index (κ3) is 7.60. The number of hydrogen-bond donors (Lipinski definition) is 2. The van der Waals surface area contributed by atoms with E-state index in [2.05, 4.69) is 32.8 Å². The van der Waals surface area contributed by atoms with E-state index in [0.29, 0.717) is 12.5 Å². The summed E-state index contributed by atoms with van der Waals surface area (Å²) in [5, 5.41) is 9.09. The highest BCUT2D eigenvalue weighted by Crippen LogP contribution is 2.19. The summed E-state index contributed by atoms with van der Waals surface area (Å²) in [6.07, 6.45) is 6.31. The number of carbonyl (C=O) groups is 2. The van der Waals surface area contributed by atoms with Gasteiger partial charge in [0.05, 0.1) is 10.7 Å². The lowest BCUT2D eigenvalue weighted by molar-refractivity contribution is -0.126. The first kappa shape index (κ1) is 23.2. The molecule has 3 rings (SSSR count). The number of nitrogens with one attached hydrogen (secondary N) is 2. The zero-order chi connectivity index (χ0) is 22.1. The third-order valence-corrected chi connectivity index (χ3v) is 6.58. The molecule has 2 N–H and O–H groups in total. The van der Waals surface area contributed by atoms with Gasteiger partial charge >= 0.3 is 0 Å². The van der Waals surface area contributed by atoms with Crippen molar-refractivity contribution in [3.63, 3.8) is 0 Å². The van der Waals surface area contributed by atoms with Gasteiger partial charge in [0, 0.05) is 24.5 Å². The summed E-state index contributed by atoms with van der Waals surface area (Å²) in [6.45, 7) is 7.46. The van der Waals surface area contributed by atoms with E-state index >= 15 is 0 Å². The standard InChI is InChI=1S/C24H32N4O2S/c1-3-23-27-21(17-31-23)16-28-13-11-20(12-14-28)15-25-24(30)18(2)26-22(29)10-9-19-7-5-4-6-8-19/h4-10,17-18,20H,3,11-16H2,1-2H3,(H,25,30)(H,26,29)/b10-9+. The van der Waals surface area contributed by atoms with Crippen LogP contribution >= 0.6 is 11.3 Å². The minimum Gasteiger partial charge on any atom is -0.354 e. The molecule has 1 saturated heterocycles. The molecule has 1 aliphatic rings. The van der Waals surface area contributed by atoms with Gasteiger partial charge in [0.15, 0.2) is 0 Å². The Hall–Kier alpha value is -2.51. The zero-order valence-corrected chi connectivity index (χ0v) is 19.2. The van der Waals surface area contributed by atoms with Crippen LogP contribution in [0, 0.1) is 5.92 Å². The van der Waals surface area contributed by atoms with E-state index in [-0.39, 0.29) is 11.8 Å². The van der Waals surface area contributed by atoms with Gasteiger partial charge in [0.2, 0.25) is 11.8 Å². The molecule has 1 aliphatic heterocycles. The lowest BCUT2D eigenvalue weighted by Gasteiger charge is -2.31. The van der Waals surface area contributed by atoms with Gasteiger partial charge in [-0.1, -0.05) is 37.3 Å². The fraction of sp³-hybridized carbons (Fsp3) is 0.458. The SMILES string of the molecule is CCc1nc(CN2CCC(CNC(=O)C(C)NC(=O)/C=C/c3ccccc3)CC2)cs1. The van der Waals surface area contributed by atoms with Crippen LogP contribution in [0.25, 0.3) is 6.08 Å². The molecular weight excluding hydrogens is 408 g/mol. The summed E-state index contributed by atoms with van der Waals surface area (Å²) in [6, 6.07) is 9.04. The van der Waals surface area contributed by atoms with Gasteiger partial charge in [-0.3, -0.25) is 14.5 Å². The average Bonchev–Trinajstić information content (AvgIpc) is 3.25. The van der Waals surface area contributed by atoms with E-state index in [1.54, 1.807) is 24.3 Å². The van der Waals surface area contributed by atoms with Crippen molar-refractivity contribution >= 4 is 29.2 Å². The third-order valence-electron chi connectivity index (χ3n) is 5.54. The summed E-state index contributed by atoms with van der Waals surface area (Å²) >= 11 is 1.74. The lowest BCUT2D eigenvalue weighted by Crippen LogP contribution is -2.46. The molecule has 2 amide bonds. The van der Waals surface area contributed by atoms with Crippen molar-refractivity contribution in [2.45, 2.75) is 45.7 Å². The quantitative estimate of drug-likeness (QED) is 0.587. The molecule has 1 aromatic carbocycles. The maximum absolute atomic E-state index is 12.4. The molecule has 7 heteroatoms. The summed E-state index contributed by atoms with van der Waals surface area (Å²) in [5.74, 6) is 0.0641. The first-order chi connectivity index (χ1) is 15.0. The topological polar surface area (TPSA) is 74.3 Å². The Bertz CT molecular complexity index is 873. The van der Waals surface area contributed by atoms with Crippen LogP contribution in [0.4, 0.5) is 0 Å². The molecule has 1 atom stereocenters. The van der Waals surface area contributed by atoms with E-state index in [1.165, 1.54) is 16.8 Å². The summed E-state index contributed by atoms with van der Waals surface area (Å²) < 4.78 is 0. The summed E-state index contributed by atoms with van der Waals surface area (Å²) in [4.78, 5) is 31.5. The van der Waals surface area contributed by atoms with Gasteiger partial charge in [-0.15, -0.1) is 11.3 Å². The van der Waals surface area contributed by atoms with Gasteiger partial charge in [0.25, 0.3) is 0 Å². The van der Waals surface area contributed by atoms with Gasteiger partial charge in [-0.05, 0) is 56.8 Å². The minimum atomic E-state index is -0.564. The van der Waals surface area contributed by atoms with Crippen molar-refractivity contribution < 1.29 is 9.59 Å². The minimum absolute atomic E-state index is 0.140. The Morgan fingerprint density at radius 1 is 1.26 bits per heavy atom. The van der Waals surface area contributed by atoms with Gasteiger partial charge in [0.1, 0.15) is 6.04 Å². The molecule has 6 nitrogen and oxygen atoms in total. The molecule has 2 heterocycles. The number of nitrogens with zero attached hydrogens (tertiary/aromatic N) is 2. The molecule has 31 heavy (non-hydrogen) atoms. The van der Waals surface area contributed by atoms with Crippen molar-refractivity contribution in [2.24, 2.45) is 5.92 Å². The maximum atomic E-state index is 12.4. The highest BCUT2D eigenvalue weighted by molar-refractivity contribution is 7.09. The molecule has 1 fully saturated rings. The molecule has 1 unspecified atom stereocenters. The Kier molecular flexibility index (Phi) is 8.79. The molecule has 1 aromatic heterocycles. The number of aryl methyl sites for hydroxylation is 1. The van der Waals surface area contributed by atoms with Crippen molar-refractivity contribution in [3.05, 3.63) is 58.1 Å². The van der Waals surface area contributed by atoms with Crippen LogP contribution < -0.4 is 10.6 Å². The van der Waals surface area contributed by atoms with E-state index in [0.717, 1.165) is 44.5 Å². The number of thiazole rings is 1. The van der Waals surface area contributed by atoms with Crippen molar-refractivity contribution in [1.82, 2.24) is 20.5 Å². The second-order valence-corrected chi connectivity index (χ2v) is 8.97. The molecule has 0 radical (unpaired) electrons. The molecule has 0 bridgehead atoms. The molecule has 0 saturated carbocycles. The van der Waals surface area contributed by atoms with Crippen LogP contribution in [0.3, 0.4) is 0 Å². The largest absolute Gasteiger partial charge is 0.354 e. The molecular formula is C24H32N4O2S. The zero-order valence-electron chi connectivity index (χ0n) is 18.3. The van der Waals surface area contributed by atoms with Gasteiger partial charge in [-0.25, -0.2) is 4.98 Å². The Morgan fingerprint density at radius 2 is 2.00 bits per heavy atom. The normalized spacial score (nSPS) is 16.3. The summed E-state index contributed by atoms with van der Waals surface area (Å²) in [5.41, 5.74) is 2.11. The second kappa shape index (κ2) is 11.8. The number of rotatable bonds is 9. The lowest BCUT2D eigenvalue weighted by atomic mass is 9.96. The smallest absolute Gasteiger partial charge is 0.244 e. The summed E-state index contributed by atoms with van der Waals surface area (Å²) in [7, 11) is 0. The number of benzene rings is 1. The molecule has 0 spiro atoms. The van der Waals surface area contributed by atoms with E-state index < -0.39 is 6.04 Å². The molecule has 0 aliphatic carbocycles. The van der Waals surface area contributed by atoms with Crippen LogP contribution in [0.5, 0.6) is 0 Å². The fourth-order valence-corrected chi connectivity index (χ4v) is 4.36. The number of amides is 2. The number of piperidine rings is 1. The van der Waals surface area contributed by atoms with Crippen LogP contribution in [0.2, 0.25) is 0 Å². The number of carbonyl (C=O) groups excluding carboxylic acids is 2. The maximum Gasteiger partial charge on any atom is 0.244 e. The monoisotopic (exact) mass is 440 g/mol. The molecule has 166 valence electrons. The fourth-order valence-electron chi connectivity index (χ4n) is 3.62.